The Morgan fingerprint density at radius 3 is 2.44 bits per heavy atom. The molecule has 0 saturated carbocycles. The number of halogens is 3. The maximum Gasteiger partial charge on any atom is 0.416 e. The lowest BCUT2D eigenvalue weighted by Gasteiger charge is -2.38. The molecule has 1 saturated heterocycles. The van der Waals surface area contributed by atoms with Crippen LogP contribution in [0.1, 0.15) is 24.0 Å². The lowest BCUT2D eigenvalue weighted by atomic mass is 9.83. The van der Waals surface area contributed by atoms with Crippen molar-refractivity contribution in [2.75, 3.05) is 13.1 Å². The molecular formula is C19H19F3N2O3. The fourth-order valence-electron chi connectivity index (χ4n) is 3.24. The molecule has 1 aliphatic heterocycles. The minimum Gasteiger partial charge on any atom is -0.385 e. The highest BCUT2D eigenvalue weighted by molar-refractivity contribution is 5.76. The van der Waals surface area contributed by atoms with Gasteiger partial charge in [-0.15, -0.1) is 0 Å². The summed E-state index contributed by atoms with van der Waals surface area (Å²) in [4.78, 5) is 25.6. The molecule has 0 radical (unpaired) electrons. The summed E-state index contributed by atoms with van der Waals surface area (Å²) >= 11 is 0. The Morgan fingerprint density at radius 1 is 1.11 bits per heavy atom. The lowest BCUT2D eigenvalue weighted by molar-refractivity contribution is -0.137. The number of rotatable bonds is 3. The molecule has 0 aliphatic carbocycles. The van der Waals surface area contributed by atoms with Gasteiger partial charge in [0.15, 0.2) is 0 Å². The minimum absolute atomic E-state index is 0.109. The highest BCUT2D eigenvalue weighted by atomic mass is 19.4. The fourth-order valence-corrected chi connectivity index (χ4v) is 3.24. The molecule has 144 valence electrons. The van der Waals surface area contributed by atoms with Gasteiger partial charge in [0, 0.05) is 25.4 Å². The van der Waals surface area contributed by atoms with Crippen molar-refractivity contribution >= 4 is 5.91 Å². The van der Waals surface area contributed by atoms with Crippen LogP contribution in [-0.4, -0.2) is 33.6 Å². The molecule has 8 heteroatoms. The molecule has 1 N–H and O–H groups in total. The maximum atomic E-state index is 12.9. The molecule has 1 amide bonds. The van der Waals surface area contributed by atoms with Gasteiger partial charge in [0.05, 0.1) is 11.2 Å². The Morgan fingerprint density at radius 2 is 1.81 bits per heavy atom. The zero-order valence-electron chi connectivity index (χ0n) is 14.4. The number of benzene rings is 1. The summed E-state index contributed by atoms with van der Waals surface area (Å²) in [7, 11) is 0. The van der Waals surface area contributed by atoms with E-state index in [4.69, 9.17) is 0 Å². The lowest BCUT2D eigenvalue weighted by Crippen LogP contribution is -2.46. The Hall–Kier alpha value is -2.61. The van der Waals surface area contributed by atoms with Crippen LogP contribution >= 0.6 is 0 Å². The third kappa shape index (κ3) is 4.21. The van der Waals surface area contributed by atoms with E-state index in [9.17, 15) is 27.9 Å². The molecule has 1 aliphatic rings. The number of amides is 1. The number of carbonyl (C=O) groups is 1. The standard InChI is InChI=1S/C19H19F3N2O3/c20-19(21,22)15-5-3-4-14(12-15)18(27)7-10-23(11-8-18)17(26)13-24-9-2-1-6-16(24)25/h1-6,9,12,27H,7-8,10-11,13H2. The number of nitrogens with zero attached hydrogens (tertiary/aromatic N) is 2. The Bertz CT molecular complexity index is 884. The second-order valence-corrected chi connectivity index (χ2v) is 6.66. The van der Waals surface area contributed by atoms with Crippen LogP contribution in [0.15, 0.2) is 53.5 Å². The molecule has 0 unspecified atom stereocenters. The number of piperidine rings is 1. The molecule has 2 heterocycles. The van der Waals surface area contributed by atoms with Crippen molar-refractivity contribution in [1.82, 2.24) is 9.47 Å². The topological polar surface area (TPSA) is 62.5 Å². The van der Waals surface area contributed by atoms with Gasteiger partial charge >= 0.3 is 6.18 Å². The summed E-state index contributed by atoms with van der Waals surface area (Å²) in [5, 5.41) is 10.8. The van der Waals surface area contributed by atoms with E-state index < -0.39 is 17.3 Å². The van der Waals surface area contributed by atoms with Crippen LogP contribution < -0.4 is 5.56 Å². The van der Waals surface area contributed by atoms with Gasteiger partial charge in [0.25, 0.3) is 5.56 Å². The van der Waals surface area contributed by atoms with E-state index in [1.165, 1.54) is 33.9 Å². The Balaban J connectivity index is 1.68. The molecule has 1 aromatic carbocycles. The van der Waals surface area contributed by atoms with Crippen molar-refractivity contribution < 1.29 is 23.1 Å². The number of aliphatic hydroxyl groups is 1. The molecule has 0 bridgehead atoms. The third-order valence-electron chi connectivity index (χ3n) is 4.88. The van der Waals surface area contributed by atoms with Crippen LogP contribution in [0.4, 0.5) is 13.2 Å². The second-order valence-electron chi connectivity index (χ2n) is 6.66. The average Bonchev–Trinajstić information content (AvgIpc) is 2.63. The molecule has 0 spiro atoms. The number of aromatic nitrogens is 1. The third-order valence-corrected chi connectivity index (χ3v) is 4.88. The highest BCUT2D eigenvalue weighted by Crippen LogP contribution is 2.36. The first-order valence-corrected chi connectivity index (χ1v) is 8.52. The van der Waals surface area contributed by atoms with Gasteiger partial charge in [-0.2, -0.15) is 13.2 Å². The summed E-state index contributed by atoms with van der Waals surface area (Å²) in [5.74, 6) is -0.269. The largest absolute Gasteiger partial charge is 0.416 e. The van der Waals surface area contributed by atoms with Crippen LogP contribution in [0, 0.1) is 0 Å². The first-order valence-electron chi connectivity index (χ1n) is 8.52. The SMILES string of the molecule is O=C(Cn1ccccc1=O)N1CCC(O)(c2cccc(C(F)(F)F)c2)CC1. The molecule has 0 atom stereocenters. The van der Waals surface area contributed by atoms with Gasteiger partial charge in [-0.3, -0.25) is 9.59 Å². The van der Waals surface area contributed by atoms with E-state index in [1.54, 1.807) is 12.1 Å². The van der Waals surface area contributed by atoms with Crippen molar-refractivity contribution in [3.63, 3.8) is 0 Å². The number of pyridine rings is 1. The van der Waals surface area contributed by atoms with Crippen molar-refractivity contribution in [2.24, 2.45) is 0 Å². The normalized spacial score (nSPS) is 17.0. The smallest absolute Gasteiger partial charge is 0.385 e. The summed E-state index contributed by atoms with van der Waals surface area (Å²) in [6.07, 6.45) is -2.71. The first-order chi connectivity index (χ1) is 12.7. The van der Waals surface area contributed by atoms with E-state index in [1.807, 2.05) is 0 Å². The van der Waals surface area contributed by atoms with Crippen molar-refractivity contribution in [1.29, 1.82) is 0 Å². The molecule has 27 heavy (non-hydrogen) atoms. The predicted octanol–water partition coefficient (Wildman–Crippen LogP) is 2.38. The molecule has 2 aromatic rings. The molecular weight excluding hydrogens is 361 g/mol. The van der Waals surface area contributed by atoms with Gasteiger partial charge < -0.3 is 14.6 Å². The first kappa shape index (κ1) is 19.2. The Kier molecular flexibility index (Phi) is 5.10. The van der Waals surface area contributed by atoms with Gasteiger partial charge in [-0.1, -0.05) is 18.2 Å². The van der Waals surface area contributed by atoms with Crippen molar-refractivity contribution in [2.45, 2.75) is 31.2 Å². The monoisotopic (exact) mass is 380 g/mol. The summed E-state index contributed by atoms with van der Waals surface area (Å²) in [6.45, 7) is 0.294. The van der Waals surface area contributed by atoms with Crippen LogP contribution in [0.5, 0.6) is 0 Å². The van der Waals surface area contributed by atoms with Crippen LogP contribution in [0.3, 0.4) is 0 Å². The second kappa shape index (κ2) is 7.19. The quantitative estimate of drug-likeness (QED) is 0.889. The zero-order chi connectivity index (χ0) is 19.7. The summed E-state index contributed by atoms with van der Waals surface area (Å²) in [5.41, 5.74) is -2.32. The number of hydrogen-bond donors (Lipinski definition) is 1. The minimum atomic E-state index is -4.48. The molecule has 3 rings (SSSR count). The maximum absolute atomic E-state index is 12.9. The summed E-state index contributed by atoms with van der Waals surface area (Å²) < 4.78 is 40.0. The number of likely N-dealkylation sites (tertiary alicyclic amines) is 1. The summed E-state index contributed by atoms with van der Waals surface area (Å²) in [6, 6.07) is 9.25. The number of carbonyl (C=O) groups excluding carboxylic acids is 1. The van der Waals surface area contributed by atoms with Crippen molar-refractivity contribution in [3.05, 3.63) is 70.1 Å². The molecule has 5 nitrogen and oxygen atoms in total. The predicted molar refractivity (Wildman–Crippen MR) is 91.9 cm³/mol. The van der Waals surface area contributed by atoms with Gasteiger partial charge in [-0.05, 0) is 36.6 Å². The zero-order valence-corrected chi connectivity index (χ0v) is 14.4. The van der Waals surface area contributed by atoms with Crippen molar-refractivity contribution in [3.8, 4) is 0 Å². The average molecular weight is 380 g/mol. The van der Waals surface area contributed by atoms with E-state index in [0.29, 0.717) is 0 Å². The van der Waals surface area contributed by atoms with Crippen LogP contribution in [0.25, 0.3) is 0 Å². The highest BCUT2D eigenvalue weighted by Gasteiger charge is 2.37. The van der Waals surface area contributed by atoms with Gasteiger partial charge in [0.1, 0.15) is 6.54 Å². The molecule has 1 aromatic heterocycles. The molecule has 1 fully saturated rings. The van der Waals surface area contributed by atoms with Crippen LogP contribution in [0.2, 0.25) is 0 Å². The van der Waals surface area contributed by atoms with Gasteiger partial charge in [-0.25, -0.2) is 0 Å². The fraction of sp³-hybridized carbons (Fsp3) is 0.368. The number of alkyl halides is 3. The van der Waals surface area contributed by atoms with E-state index in [-0.39, 0.29) is 49.5 Å². The Labute approximate surface area is 153 Å². The van der Waals surface area contributed by atoms with E-state index in [2.05, 4.69) is 0 Å². The van der Waals surface area contributed by atoms with Crippen LogP contribution in [-0.2, 0) is 23.1 Å². The number of hydrogen-bond acceptors (Lipinski definition) is 3. The van der Waals surface area contributed by atoms with E-state index >= 15 is 0 Å². The van der Waals surface area contributed by atoms with E-state index in [0.717, 1.165) is 12.1 Å². The van der Waals surface area contributed by atoms with Gasteiger partial charge in [0.2, 0.25) is 5.91 Å².